The Labute approximate surface area is 110 Å². The van der Waals surface area contributed by atoms with Gasteiger partial charge in [0.05, 0.1) is 0 Å². The van der Waals surface area contributed by atoms with Crippen LogP contribution in [0.25, 0.3) is 0 Å². The van der Waals surface area contributed by atoms with Crippen LogP contribution in [0.15, 0.2) is 42.5 Å². The Bertz CT molecular complexity index is 483. The smallest absolute Gasteiger partial charge is 0.130 e. The normalized spacial score (nSPS) is 9.39. The highest BCUT2D eigenvalue weighted by Crippen LogP contribution is 2.25. The molecule has 0 amide bonds. The third-order valence-corrected chi connectivity index (χ3v) is 2.58. The molecule has 0 aliphatic carbocycles. The second-order valence-electron chi connectivity index (χ2n) is 4.18. The van der Waals surface area contributed by atoms with Crippen LogP contribution >= 0.6 is 0 Å². The Balaban J connectivity index is 0.000000771. The first kappa shape index (κ1) is 14.3. The molecule has 0 unspecified atom stereocenters. The lowest BCUT2D eigenvalue weighted by atomic mass is 10.1. The zero-order chi connectivity index (χ0) is 13.5. The molecule has 0 atom stereocenters. The zero-order valence-electron chi connectivity index (χ0n) is 11.9. The van der Waals surface area contributed by atoms with Crippen LogP contribution in [0, 0.1) is 20.8 Å². The molecule has 0 radical (unpaired) electrons. The molecule has 0 N–H and O–H groups in total. The van der Waals surface area contributed by atoms with E-state index < -0.39 is 0 Å². The lowest BCUT2D eigenvalue weighted by molar-refractivity contribution is 0.478. The second-order valence-corrected chi connectivity index (χ2v) is 4.18. The highest BCUT2D eigenvalue weighted by atomic mass is 16.5. The van der Waals surface area contributed by atoms with E-state index in [9.17, 15) is 0 Å². The Kier molecular flexibility index (Phi) is 5.44. The molecule has 0 aliphatic heterocycles. The van der Waals surface area contributed by atoms with Gasteiger partial charge in [-0.2, -0.15) is 0 Å². The summed E-state index contributed by atoms with van der Waals surface area (Å²) in [5.74, 6) is 1.81. The lowest BCUT2D eigenvalue weighted by Crippen LogP contribution is -1.88. The number of rotatable bonds is 2. The van der Waals surface area contributed by atoms with Gasteiger partial charge in [-0.25, -0.2) is 0 Å². The summed E-state index contributed by atoms with van der Waals surface area (Å²) in [6.07, 6.45) is 0. The predicted octanol–water partition coefficient (Wildman–Crippen LogP) is 5.43. The molecule has 2 rings (SSSR count). The molecular weight excluding hydrogens is 220 g/mol. The van der Waals surface area contributed by atoms with Crippen LogP contribution in [0.4, 0.5) is 0 Å². The van der Waals surface area contributed by atoms with Crippen molar-refractivity contribution in [2.75, 3.05) is 0 Å². The summed E-state index contributed by atoms with van der Waals surface area (Å²) in [7, 11) is 0. The van der Waals surface area contributed by atoms with Gasteiger partial charge in [0.15, 0.2) is 0 Å². The molecule has 0 aliphatic rings. The van der Waals surface area contributed by atoms with Crippen LogP contribution in [0.2, 0.25) is 0 Å². The molecule has 0 aromatic heterocycles. The van der Waals surface area contributed by atoms with Crippen molar-refractivity contribution in [1.29, 1.82) is 0 Å². The van der Waals surface area contributed by atoms with Gasteiger partial charge < -0.3 is 4.74 Å². The van der Waals surface area contributed by atoms with Crippen LogP contribution in [0.1, 0.15) is 30.5 Å². The predicted molar refractivity (Wildman–Crippen MR) is 78.5 cm³/mol. The Morgan fingerprint density at radius 1 is 0.722 bits per heavy atom. The number of hydrogen-bond donors (Lipinski definition) is 0. The van der Waals surface area contributed by atoms with E-state index in [0.29, 0.717) is 0 Å². The highest BCUT2D eigenvalue weighted by Gasteiger charge is 2.00. The van der Waals surface area contributed by atoms with Gasteiger partial charge in [-0.1, -0.05) is 49.2 Å². The lowest BCUT2D eigenvalue weighted by Gasteiger charge is -2.09. The number of aryl methyl sites for hydroxylation is 3. The number of benzene rings is 2. The average Bonchev–Trinajstić information content (AvgIpc) is 2.38. The first-order valence-corrected chi connectivity index (χ1v) is 6.47. The van der Waals surface area contributed by atoms with Gasteiger partial charge in [-0.3, -0.25) is 0 Å². The van der Waals surface area contributed by atoms with E-state index in [0.717, 1.165) is 11.5 Å². The minimum Gasteiger partial charge on any atom is -0.457 e. The fourth-order valence-electron chi connectivity index (χ4n) is 1.65. The van der Waals surface area contributed by atoms with Gasteiger partial charge in [0.25, 0.3) is 0 Å². The van der Waals surface area contributed by atoms with Crippen molar-refractivity contribution in [3.8, 4) is 11.5 Å². The summed E-state index contributed by atoms with van der Waals surface area (Å²) < 4.78 is 5.82. The average molecular weight is 242 g/mol. The minimum atomic E-state index is 0.887. The van der Waals surface area contributed by atoms with Crippen molar-refractivity contribution in [3.63, 3.8) is 0 Å². The van der Waals surface area contributed by atoms with Crippen molar-refractivity contribution >= 4 is 0 Å². The van der Waals surface area contributed by atoms with Crippen LogP contribution in [-0.2, 0) is 0 Å². The first-order valence-electron chi connectivity index (χ1n) is 6.47. The largest absolute Gasteiger partial charge is 0.457 e. The Hall–Kier alpha value is -1.76. The first-order chi connectivity index (χ1) is 8.65. The zero-order valence-corrected chi connectivity index (χ0v) is 11.9. The van der Waals surface area contributed by atoms with E-state index in [1.807, 2.05) is 32.0 Å². The Morgan fingerprint density at radius 2 is 1.28 bits per heavy atom. The quantitative estimate of drug-likeness (QED) is 0.682. The maximum atomic E-state index is 5.82. The summed E-state index contributed by atoms with van der Waals surface area (Å²) in [6, 6.07) is 14.3. The molecule has 0 bridgehead atoms. The molecule has 18 heavy (non-hydrogen) atoms. The third-order valence-electron chi connectivity index (χ3n) is 2.58. The summed E-state index contributed by atoms with van der Waals surface area (Å²) >= 11 is 0. The van der Waals surface area contributed by atoms with Crippen molar-refractivity contribution in [2.45, 2.75) is 34.6 Å². The van der Waals surface area contributed by atoms with Gasteiger partial charge in [0, 0.05) is 0 Å². The van der Waals surface area contributed by atoms with E-state index in [2.05, 4.69) is 45.0 Å². The molecule has 2 aromatic carbocycles. The molecule has 0 heterocycles. The fraction of sp³-hybridized carbons (Fsp3) is 0.294. The van der Waals surface area contributed by atoms with E-state index in [1.165, 1.54) is 16.7 Å². The molecule has 0 saturated carbocycles. The van der Waals surface area contributed by atoms with Gasteiger partial charge in [-0.05, 0) is 44.5 Å². The highest BCUT2D eigenvalue weighted by molar-refractivity contribution is 5.39. The molecule has 1 nitrogen and oxygen atoms in total. The van der Waals surface area contributed by atoms with Crippen molar-refractivity contribution in [1.82, 2.24) is 0 Å². The molecule has 1 heteroatoms. The number of ether oxygens (including phenoxy) is 1. The summed E-state index contributed by atoms with van der Waals surface area (Å²) in [4.78, 5) is 0. The number of hydrogen-bond acceptors (Lipinski definition) is 1. The summed E-state index contributed by atoms with van der Waals surface area (Å²) in [6.45, 7) is 10.2. The van der Waals surface area contributed by atoms with Crippen LogP contribution < -0.4 is 4.74 Å². The topological polar surface area (TPSA) is 9.23 Å². The standard InChI is InChI=1S/C15H16O.C2H6/c1-11-4-7-14(8-5-11)16-15-9-6-12(2)10-13(15)3;1-2/h4-10H,1-3H3;1-2H3. The van der Waals surface area contributed by atoms with Gasteiger partial charge in [-0.15, -0.1) is 0 Å². The fourth-order valence-corrected chi connectivity index (χ4v) is 1.65. The van der Waals surface area contributed by atoms with E-state index >= 15 is 0 Å². The molecule has 2 aromatic rings. The molecular formula is C17H22O. The SMILES string of the molecule is CC.Cc1ccc(Oc2ccc(C)cc2C)cc1. The van der Waals surface area contributed by atoms with Gasteiger partial charge in [0.2, 0.25) is 0 Å². The van der Waals surface area contributed by atoms with Crippen molar-refractivity contribution < 1.29 is 4.74 Å². The molecule has 0 fully saturated rings. The van der Waals surface area contributed by atoms with E-state index in [1.54, 1.807) is 0 Å². The summed E-state index contributed by atoms with van der Waals surface area (Å²) in [5.41, 5.74) is 3.67. The van der Waals surface area contributed by atoms with Gasteiger partial charge in [0.1, 0.15) is 11.5 Å². The van der Waals surface area contributed by atoms with Gasteiger partial charge >= 0.3 is 0 Å². The molecule has 96 valence electrons. The van der Waals surface area contributed by atoms with Crippen LogP contribution in [-0.4, -0.2) is 0 Å². The van der Waals surface area contributed by atoms with Crippen molar-refractivity contribution in [2.24, 2.45) is 0 Å². The Morgan fingerprint density at radius 3 is 1.83 bits per heavy atom. The maximum Gasteiger partial charge on any atom is 0.130 e. The monoisotopic (exact) mass is 242 g/mol. The van der Waals surface area contributed by atoms with Crippen molar-refractivity contribution in [3.05, 3.63) is 59.2 Å². The van der Waals surface area contributed by atoms with E-state index in [4.69, 9.17) is 4.74 Å². The minimum absolute atomic E-state index is 0.887. The second kappa shape index (κ2) is 6.85. The third kappa shape index (κ3) is 3.92. The van der Waals surface area contributed by atoms with E-state index in [-0.39, 0.29) is 0 Å². The molecule has 0 spiro atoms. The van der Waals surface area contributed by atoms with Crippen LogP contribution in [0.3, 0.4) is 0 Å². The maximum absolute atomic E-state index is 5.82. The summed E-state index contributed by atoms with van der Waals surface area (Å²) in [5, 5.41) is 0. The van der Waals surface area contributed by atoms with Crippen LogP contribution in [0.5, 0.6) is 11.5 Å². The molecule has 0 saturated heterocycles.